The van der Waals surface area contributed by atoms with Gasteiger partial charge in [0.25, 0.3) is 11.4 Å². The number of rotatable bonds is 7. The van der Waals surface area contributed by atoms with E-state index >= 15 is 0 Å². The number of hydrogen-bond acceptors (Lipinski definition) is 6. The van der Waals surface area contributed by atoms with E-state index < -0.39 is 9.85 Å². The summed E-state index contributed by atoms with van der Waals surface area (Å²) in [7, 11) is 0. The van der Waals surface area contributed by atoms with Crippen LogP contribution in [0.3, 0.4) is 0 Å². The lowest BCUT2D eigenvalue weighted by Gasteiger charge is -2.14. The van der Waals surface area contributed by atoms with E-state index in [1.165, 1.54) is 25.0 Å². The van der Waals surface area contributed by atoms with Crippen LogP contribution in [-0.4, -0.2) is 40.9 Å². The highest BCUT2D eigenvalue weighted by Gasteiger charge is 2.19. The predicted molar refractivity (Wildman–Crippen MR) is 77.1 cm³/mol. The molecule has 0 spiro atoms. The van der Waals surface area contributed by atoms with Crippen LogP contribution < -0.4 is 5.32 Å². The molecule has 21 heavy (non-hydrogen) atoms. The maximum Gasteiger partial charge on any atom is 0.280 e. The van der Waals surface area contributed by atoms with Crippen molar-refractivity contribution in [1.82, 2.24) is 10.2 Å². The van der Waals surface area contributed by atoms with Gasteiger partial charge in [0.15, 0.2) is 0 Å². The second kappa shape index (κ2) is 7.09. The fourth-order valence-electron chi connectivity index (χ4n) is 2.45. The first-order valence-corrected chi connectivity index (χ1v) is 6.92. The summed E-state index contributed by atoms with van der Waals surface area (Å²) in [4.78, 5) is 22.8. The summed E-state index contributed by atoms with van der Waals surface area (Å²) in [6.07, 6.45) is 2.46. The van der Waals surface area contributed by atoms with Gasteiger partial charge in [-0.2, -0.15) is 0 Å². The first kappa shape index (κ1) is 15.3. The van der Waals surface area contributed by atoms with Crippen molar-refractivity contribution in [2.45, 2.75) is 19.4 Å². The van der Waals surface area contributed by atoms with Gasteiger partial charge in [-0.05, 0) is 32.0 Å². The Morgan fingerprint density at radius 1 is 1.14 bits per heavy atom. The van der Waals surface area contributed by atoms with E-state index in [0.717, 1.165) is 32.2 Å². The zero-order valence-electron chi connectivity index (χ0n) is 11.7. The lowest BCUT2D eigenvalue weighted by atomic mass is 10.1. The Labute approximate surface area is 122 Å². The molecule has 114 valence electrons. The van der Waals surface area contributed by atoms with Crippen molar-refractivity contribution in [1.29, 1.82) is 0 Å². The second-order valence-corrected chi connectivity index (χ2v) is 5.05. The number of benzene rings is 1. The average molecular weight is 294 g/mol. The van der Waals surface area contributed by atoms with Crippen LogP contribution in [0.4, 0.5) is 11.4 Å². The van der Waals surface area contributed by atoms with E-state index in [-0.39, 0.29) is 11.4 Å². The predicted octanol–water partition coefficient (Wildman–Crippen LogP) is 1.69. The van der Waals surface area contributed by atoms with Gasteiger partial charge in [-0.25, -0.2) is 0 Å². The molecule has 1 aromatic rings. The third-order valence-corrected chi connectivity index (χ3v) is 3.60. The molecule has 0 aromatic heterocycles. The van der Waals surface area contributed by atoms with Gasteiger partial charge in [0.1, 0.15) is 0 Å². The molecule has 0 unspecified atom stereocenters. The largest absolute Gasteiger partial charge is 0.311 e. The Kier molecular flexibility index (Phi) is 5.18. The molecule has 0 radical (unpaired) electrons. The van der Waals surface area contributed by atoms with Crippen LogP contribution in [0, 0.1) is 20.2 Å². The van der Waals surface area contributed by atoms with Crippen LogP contribution in [0.2, 0.25) is 0 Å². The molecular weight excluding hydrogens is 276 g/mol. The number of likely N-dealkylation sites (tertiary alicyclic amines) is 1. The van der Waals surface area contributed by atoms with E-state index in [0.29, 0.717) is 12.1 Å². The zero-order valence-corrected chi connectivity index (χ0v) is 11.7. The lowest BCUT2D eigenvalue weighted by molar-refractivity contribution is -0.394. The maximum atomic E-state index is 11.0. The number of nitrogens with zero attached hydrogens (tertiary/aromatic N) is 3. The Balaban J connectivity index is 1.92. The molecule has 0 atom stereocenters. The number of nitro groups is 2. The molecule has 0 bridgehead atoms. The van der Waals surface area contributed by atoms with Gasteiger partial charge in [-0.15, -0.1) is 0 Å². The van der Waals surface area contributed by atoms with E-state index in [2.05, 4.69) is 10.2 Å². The molecule has 1 saturated heterocycles. The minimum Gasteiger partial charge on any atom is -0.311 e. The van der Waals surface area contributed by atoms with E-state index in [1.807, 2.05) is 0 Å². The second-order valence-electron chi connectivity index (χ2n) is 5.05. The molecule has 1 heterocycles. The molecule has 1 aromatic carbocycles. The summed E-state index contributed by atoms with van der Waals surface area (Å²) >= 11 is 0. The zero-order chi connectivity index (χ0) is 15.2. The highest BCUT2D eigenvalue weighted by molar-refractivity contribution is 5.49. The first-order valence-electron chi connectivity index (χ1n) is 6.92. The number of non-ortho nitro benzene ring substituents is 1. The van der Waals surface area contributed by atoms with E-state index in [4.69, 9.17) is 0 Å². The van der Waals surface area contributed by atoms with Crippen molar-refractivity contribution in [2.75, 3.05) is 26.2 Å². The lowest BCUT2D eigenvalue weighted by Crippen LogP contribution is -2.29. The summed E-state index contributed by atoms with van der Waals surface area (Å²) in [5.74, 6) is 0. The van der Waals surface area contributed by atoms with Crippen LogP contribution in [-0.2, 0) is 6.54 Å². The van der Waals surface area contributed by atoms with Crippen LogP contribution in [0.1, 0.15) is 18.4 Å². The minimum absolute atomic E-state index is 0.210. The molecule has 1 fully saturated rings. The third kappa shape index (κ3) is 4.20. The van der Waals surface area contributed by atoms with Gasteiger partial charge in [0, 0.05) is 31.3 Å². The number of nitro benzene ring substituents is 2. The van der Waals surface area contributed by atoms with Crippen molar-refractivity contribution in [3.63, 3.8) is 0 Å². The maximum absolute atomic E-state index is 11.0. The topological polar surface area (TPSA) is 102 Å². The summed E-state index contributed by atoms with van der Waals surface area (Å²) in [5, 5.41) is 24.8. The standard InChI is InChI=1S/C13H18N4O4/c18-16(19)12-4-3-11(13(9-12)17(20)21)10-14-5-8-15-6-1-2-7-15/h3-4,9,14H,1-2,5-8,10H2. The van der Waals surface area contributed by atoms with E-state index in [1.54, 1.807) is 0 Å². The summed E-state index contributed by atoms with van der Waals surface area (Å²) in [5.41, 5.74) is -0.00703. The highest BCUT2D eigenvalue weighted by atomic mass is 16.6. The molecule has 0 aliphatic carbocycles. The minimum atomic E-state index is -0.627. The summed E-state index contributed by atoms with van der Waals surface area (Å²) in [6.45, 7) is 4.22. The van der Waals surface area contributed by atoms with Crippen molar-refractivity contribution in [3.8, 4) is 0 Å². The van der Waals surface area contributed by atoms with Gasteiger partial charge >= 0.3 is 0 Å². The normalized spacial score (nSPS) is 15.2. The van der Waals surface area contributed by atoms with Crippen molar-refractivity contribution in [3.05, 3.63) is 44.0 Å². The molecule has 1 aliphatic rings. The quantitative estimate of drug-likeness (QED) is 0.466. The Morgan fingerprint density at radius 2 is 1.86 bits per heavy atom. The number of hydrogen-bond donors (Lipinski definition) is 1. The molecule has 2 rings (SSSR count). The molecule has 1 aliphatic heterocycles. The van der Waals surface area contributed by atoms with Crippen molar-refractivity contribution < 1.29 is 9.85 Å². The monoisotopic (exact) mass is 294 g/mol. The van der Waals surface area contributed by atoms with Crippen LogP contribution in [0.25, 0.3) is 0 Å². The van der Waals surface area contributed by atoms with Crippen LogP contribution in [0.5, 0.6) is 0 Å². The van der Waals surface area contributed by atoms with Crippen LogP contribution >= 0.6 is 0 Å². The van der Waals surface area contributed by atoms with Crippen LogP contribution in [0.15, 0.2) is 18.2 Å². The third-order valence-electron chi connectivity index (χ3n) is 3.60. The molecule has 8 heteroatoms. The average Bonchev–Trinajstić information content (AvgIpc) is 2.96. The van der Waals surface area contributed by atoms with Gasteiger partial charge < -0.3 is 10.2 Å². The van der Waals surface area contributed by atoms with Gasteiger partial charge in [-0.3, -0.25) is 20.2 Å². The molecule has 1 N–H and O–H groups in total. The molecular formula is C13H18N4O4. The van der Waals surface area contributed by atoms with Gasteiger partial charge in [-0.1, -0.05) is 0 Å². The fraction of sp³-hybridized carbons (Fsp3) is 0.538. The molecule has 0 saturated carbocycles. The molecule has 0 amide bonds. The smallest absolute Gasteiger partial charge is 0.280 e. The Bertz CT molecular complexity index is 529. The SMILES string of the molecule is O=[N+]([O-])c1ccc(CNCCN2CCCC2)c([N+](=O)[O-])c1. The summed E-state index contributed by atoms with van der Waals surface area (Å²) < 4.78 is 0. The Morgan fingerprint density at radius 3 is 2.48 bits per heavy atom. The van der Waals surface area contributed by atoms with Gasteiger partial charge in [0.05, 0.1) is 15.9 Å². The fourth-order valence-corrected chi connectivity index (χ4v) is 2.45. The Hall–Kier alpha value is -2.06. The first-order chi connectivity index (χ1) is 10.1. The van der Waals surface area contributed by atoms with Gasteiger partial charge in [0.2, 0.25) is 0 Å². The molecule has 8 nitrogen and oxygen atoms in total. The highest BCUT2D eigenvalue weighted by Crippen LogP contribution is 2.24. The number of nitrogens with one attached hydrogen (secondary N) is 1. The summed E-state index contributed by atoms with van der Waals surface area (Å²) in [6, 6.07) is 3.75. The van der Waals surface area contributed by atoms with Crippen molar-refractivity contribution in [2.24, 2.45) is 0 Å². The van der Waals surface area contributed by atoms with Crippen molar-refractivity contribution >= 4 is 11.4 Å². The van der Waals surface area contributed by atoms with E-state index in [9.17, 15) is 20.2 Å².